The Balaban J connectivity index is 1.30. The van der Waals surface area contributed by atoms with Crippen molar-refractivity contribution < 1.29 is 14.3 Å². The number of carbonyl (C=O) groups is 1. The molecular weight excluding hydrogens is 430 g/mol. The van der Waals surface area contributed by atoms with Crippen LogP contribution in [0.25, 0.3) is 17.0 Å². The largest absolute Gasteiger partial charge is 0.484 e. The zero-order valence-electron chi connectivity index (χ0n) is 17.7. The van der Waals surface area contributed by atoms with Gasteiger partial charge in [0.1, 0.15) is 12.4 Å². The van der Waals surface area contributed by atoms with Gasteiger partial charge in [0.05, 0.1) is 11.6 Å². The Hall–Kier alpha value is -3.65. The second-order valence-corrected chi connectivity index (χ2v) is 7.66. The van der Waals surface area contributed by atoms with Crippen LogP contribution in [-0.4, -0.2) is 45.5 Å². The highest BCUT2D eigenvalue weighted by Crippen LogP contribution is 2.26. The molecule has 0 spiro atoms. The summed E-state index contributed by atoms with van der Waals surface area (Å²) < 4.78 is 12.8. The molecule has 0 fully saturated rings. The van der Waals surface area contributed by atoms with Crippen LogP contribution in [0.15, 0.2) is 54.6 Å². The summed E-state index contributed by atoms with van der Waals surface area (Å²) in [4.78, 5) is 12.0. The summed E-state index contributed by atoms with van der Waals surface area (Å²) in [5.74, 6) is 1.35. The van der Waals surface area contributed by atoms with Gasteiger partial charge in [0.15, 0.2) is 18.1 Å². The van der Waals surface area contributed by atoms with Gasteiger partial charge < -0.3 is 14.8 Å². The maximum absolute atomic E-state index is 12.0. The Kier molecular flexibility index (Phi) is 6.51. The molecule has 4 aromatic rings. The molecule has 0 unspecified atom stereocenters. The van der Waals surface area contributed by atoms with E-state index >= 15 is 0 Å². The molecule has 0 saturated carbocycles. The van der Waals surface area contributed by atoms with Crippen LogP contribution in [0, 0.1) is 13.8 Å². The van der Waals surface area contributed by atoms with Gasteiger partial charge in [0, 0.05) is 11.6 Å². The molecule has 9 heteroatoms. The number of ether oxygens (including phenoxy) is 2. The minimum atomic E-state index is -0.226. The van der Waals surface area contributed by atoms with Crippen molar-refractivity contribution in [2.45, 2.75) is 13.8 Å². The van der Waals surface area contributed by atoms with E-state index < -0.39 is 0 Å². The van der Waals surface area contributed by atoms with Gasteiger partial charge in [-0.15, -0.1) is 15.3 Å². The fourth-order valence-corrected chi connectivity index (χ4v) is 3.44. The molecule has 0 radical (unpaired) electrons. The van der Waals surface area contributed by atoms with Crippen molar-refractivity contribution in [1.29, 1.82) is 0 Å². The normalized spacial score (nSPS) is 10.8. The maximum Gasteiger partial charge on any atom is 0.258 e. The van der Waals surface area contributed by atoms with E-state index in [9.17, 15) is 4.79 Å². The molecule has 0 aliphatic rings. The summed E-state index contributed by atoms with van der Waals surface area (Å²) in [6, 6.07) is 16.6. The molecule has 1 amide bonds. The van der Waals surface area contributed by atoms with Gasteiger partial charge in [0.2, 0.25) is 5.88 Å². The van der Waals surface area contributed by atoms with Crippen LogP contribution in [0.2, 0.25) is 5.02 Å². The lowest BCUT2D eigenvalue weighted by molar-refractivity contribution is -0.123. The predicted molar refractivity (Wildman–Crippen MR) is 121 cm³/mol. The van der Waals surface area contributed by atoms with Crippen molar-refractivity contribution in [2.75, 3.05) is 19.8 Å². The van der Waals surface area contributed by atoms with Crippen molar-refractivity contribution >= 4 is 23.2 Å². The van der Waals surface area contributed by atoms with Crippen LogP contribution in [-0.2, 0) is 4.79 Å². The first-order valence-electron chi connectivity index (χ1n) is 10.1. The predicted octanol–water partition coefficient (Wildman–Crippen LogP) is 3.64. The van der Waals surface area contributed by atoms with E-state index in [0.29, 0.717) is 34.7 Å². The van der Waals surface area contributed by atoms with Crippen LogP contribution in [0.3, 0.4) is 0 Å². The molecule has 32 heavy (non-hydrogen) atoms. The fourth-order valence-electron chi connectivity index (χ4n) is 3.22. The van der Waals surface area contributed by atoms with E-state index in [0.717, 1.165) is 16.7 Å². The number of nitrogens with zero attached hydrogens (tertiary/aromatic N) is 4. The highest BCUT2D eigenvalue weighted by Gasteiger charge is 2.13. The molecule has 0 saturated heterocycles. The summed E-state index contributed by atoms with van der Waals surface area (Å²) in [5, 5.41) is 16.1. The average molecular weight is 452 g/mol. The van der Waals surface area contributed by atoms with Gasteiger partial charge in [-0.3, -0.25) is 4.79 Å². The monoisotopic (exact) mass is 451 g/mol. The van der Waals surface area contributed by atoms with E-state index in [-0.39, 0.29) is 19.1 Å². The lowest BCUT2D eigenvalue weighted by Gasteiger charge is -2.10. The summed E-state index contributed by atoms with van der Waals surface area (Å²) >= 11 is 6.28. The molecule has 8 nitrogen and oxygen atoms in total. The summed E-state index contributed by atoms with van der Waals surface area (Å²) in [7, 11) is 0. The number of carbonyl (C=O) groups excluding carboxylic acids is 1. The van der Waals surface area contributed by atoms with E-state index in [2.05, 4.69) is 20.6 Å². The minimum absolute atomic E-state index is 0.0605. The van der Waals surface area contributed by atoms with E-state index in [4.69, 9.17) is 21.1 Å². The van der Waals surface area contributed by atoms with Gasteiger partial charge in [-0.25, -0.2) is 0 Å². The molecule has 2 aromatic heterocycles. The lowest BCUT2D eigenvalue weighted by Crippen LogP contribution is -2.32. The Morgan fingerprint density at radius 3 is 2.59 bits per heavy atom. The fraction of sp³-hybridized carbons (Fsp3) is 0.217. The molecule has 0 bridgehead atoms. The van der Waals surface area contributed by atoms with Crippen LogP contribution in [0.1, 0.15) is 11.1 Å². The van der Waals surface area contributed by atoms with Crippen LogP contribution in [0.5, 0.6) is 11.6 Å². The van der Waals surface area contributed by atoms with Crippen molar-refractivity contribution in [3.63, 3.8) is 0 Å². The molecule has 0 aliphatic heterocycles. The highest BCUT2D eigenvalue weighted by atomic mass is 35.5. The molecule has 1 N–H and O–H groups in total. The molecule has 4 rings (SSSR count). The van der Waals surface area contributed by atoms with Crippen molar-refractivity contribution in [3.8, 4) is 23.0 Å². The maximum atomic E-state index is 12.0. The average Bonchev–Trinajstić information content (AvgIpc) is 3.18. The topological polar surface area (TPSA) is 90.6 Å². The molecule has 2 aromatic carbocycles. The Bertz CT molecular complexity index is 1240. The van der Waals surface area contributed by atoms with Crippen LogP contribution >= 0.6 is 11.6 Å². The third-order valence-electron chi connectivity index (χ3n) is 4.59. The number of nitrogens with one attached hydrogen (secondary N) is 1. The number of aromatic nitrogens is 4. The first-order chi connectivity index (χ1) is 15.5. The summed E-state index contributed by atoms with van der Waals surface area (Å²) in [5.41, 5.74) is 3.47. The molecule has 0 atom stereocenters. The second-order valence-electron chi connectivity index (χ2n) is 7.26. The second kappa shape index (κ2) is 9.65. The summed E-state index contributed by atoms with van der Waals surface area (Å²) in [6.45, 7) is 4.47. The third-order valence-corrected chi connectivity index (χ3v) is 4.92. The molecule has 2 heterocycles. The van der Waals surface area contributed by atoms with E-state index in [1.807, 2.05) is 50.2 Å². The number of hydrogen-bond acceptors (Lipinski definition) is 6. The summed E-state index contributed by atoms with van der Waals surface area (Å²) in [6.07, 6.45) is 0. The number of aryl methyl sites for hydroxylation is 2. The van der Waals surface area contributed by atoms with Gasteiger partial charge in [-0.05, 0) is 55.3 Å². The van der Waals surface area contributed by atoms with Crippen molar-refractivity contribution in [1.82, 2.24) is 25.1 Å². The number of rotatable bonds is 8. The number of benzene rings is 2. The SMILES string of the molecule is Cc1cc(C)cc(OCC(=O)NCCOc2ccc3nnc(-c4ccccc4Cl)n3n2)c1. The van der Waals surface area contributed by atoms with Gasteiger partial charge in [-0.2, -0.15) is 4.52 Å². The number of halogens is 1. The Morgan fingerprint density at radius 2 is 1.81 bits per heavy atom. The van der Waals surface area contributed by atoms with Gasteiger partial charge in [-0.1, -0.05) is 29.8 Å². The number of fused-ring (bicyclic) bond motifs is 1. The smallest absolute Gasteiger partial charge is 0.258 e. The van der Waals surface area contributed by atoms with Crippen molar-refractivity contribution in [2.24, 2.45) is 0 Å². The van der Waals surface area contributed by atoms with Crippen LogP contribution in [0.4, 0.5) is 0 Å². The van der Waals surface area contributed by atoms with Crippen molar-refractivity contribution in [3.05, 3.63) is 70.7 Å². The standard InChI is InChI=1S/C23H22ClN5O3/c1-15-11-16(2)13-17(12-15)32-14-21(30)25-9-10-31-22-8-7-20-26-27-23(29(20)28-22)18-5-3-4-6-19(18)24/h3-8,11-13H,9-10,14H2,1-2H3,(H,25,30). The zero-order valence-corrected chi connectivity index (χ0v) is 18.5. The van der Waals surface area contributed by atoms with Crippen LogP contribution < -0.4 is 14.8 Å². The molecule has 0 aliphatic carbocycles. The van der Waals surface area contributed by atoms with E-state index in [1.54, 1.807) is 22.7 Å². The number of amides is 1. The third kappa shape index (κ3) is 5.15. The first-order valence-corrected chi connectivity index (χ1v) is 10.5. The minimum Gasteiger partial charge on any atom is -0.484 e. The quantitative estimate of drug-likeness (QED) is 0.411. The zero-order chi connectivity index (χ0) is 22.5. The lowest BCUT2D eigenvalue weighted by atomic mass is 10.1. The first kappa shape index (κ1) is 21.6. The Labute approximate surface area is 190 Å². The van der Waals surface area contributed by atoms with Gasteiger partial charge >= 0.3 is 0 Å². The van der Waals surface area contributed by atoms with E-state index in [1.165, 1.54) is 0 Å². The molecule has 164 valence electrons. The highest BCUT2D eigenvalue weighted by molar-refractivity contribution is 6.33. The van der Waals surface area contributed by atoms with Gasteiger partial charge in [0.25, 0.3) is 5.91 Å². The Morgan fingerprint density at radius 1 is 1.03 bits per heavy atom. The molecular formula is C23H22ClN5O3. The number of hydrogen-bond donors (Lipinski definition) is 1.